The number of rotatable bonds is 4. The van der Waals surface area contributed by atoms with Gasteiger partial charge in [-0.2, -0.15) is 10.4 Å². The molecule has 0 aliphatic carbocycles. The number of aromatic nitrogens is 3. The zero-order valence-corrected chi connectivity index (χ0v) is 21.2. The number of anilines is 1. The lowest BCUT2D eigenvalue weighted by Gasteiger charge is -2.12. The molecule has 0 bridgehead atoms. The zero-order valence-electron chi connectivity index (χ0n) is 21.2. The maximum absolute atomic E-state index is 13.1. The number of nitrogens with zero attached hydrogens (tertiary/aromatic N) is 4. The van der Waals surface area contributed by atoms with Gasteiger partial charge in [-0.3, -0.25) is 0 Å². The first-order valence-electron chi connectivity index (χ1n) is 12.3. The summed E-state index contributed by atoms with van der Waals surface area (Å²) in [5.41, 5.74) is 8.61. The highest BCUT2D eigenvalue weighted by Gasteiger charge is 2.25. The van der Waals surface area contributed by atoms with Gasteiger partial charge < -0.3 is 20.4 Å². The molecule has 0 atom stereocenters. The molecule has 6 aromatic rings. The molecule has 4 N–H and O–H groups in total. The van der Waals surface area contributed by atoms with Crippen LogP contribution < -0.4 is 11.4 Å². The second kappa shape index (κ2) is 9.45. The molecule has 40 heavy (non-hydrogen) atoms. The number of phenolic OH excluding ortho intramolecular Hbond substituents is 1. The summed E-state index contributed by atoms with van der Waals surface area (Å²) in [6.45, 7) is 1.77. The highest BCUT2D eigenvalue weighted by molar-refractivity contribution is 5.94. The van der Waals surface area contributed by atoms with Crippen LogP contribution >= 0.6 is 0 Å². The van der Waals surface area contributed by atoms with E-state index in [1.807, 2.05) is 30.3 Å². The van der Waals surface area contributed by atoms with E-state index in [1.165, 1.54) is 6.07 Å². The SMILES string of the molecule is Cc1cccc2c(O)c(-c3cc(-c4cn(-c5ccccc5)nc4-c4ccccc4O)c(C#N)c(N)n3)c(=O)oc12. The van der Waals surface area contributed by atoms with Crippen molar-refractivity contribution >= 4 is 16.8 Å². The van der Waals surface area contributed by atoms with Gasteiger partial charge >= 0.3 is 5.63 Å². The average molecular weight is 528 g/mol. The molecule has 6 rings (SSSR count). The largest absolute Gasteiger partial charge is 0.507 e. The Balaban J connectivity index is 1.66. The van der Waals surface area contributed by atoms with E-state index in [4.69, 9.17) is 15.2 Å². The number of nitriles is 1. The molecule has 0 saturated heterocycles. The Kier molecular flexibility index (Phi) is 5.78. The lowest BCUT2D eigenvalue weighted by atomic mass is 9.96. The van der Waals surface area contributed by atoms with E-state index in [0.717, 1.165) is 5.69 Å². The third-order valence-corrected chi connectivity index (χ3v) is 6.70. The van der Waals surface area contributed by atoms with Crippen LogP contribution in [0.4, 0.5) is 5.82 Å². The predicted octanol–water partition coefficient (Wildman–Crippen LogP) is 5.55. The van der Waals surface area contributed by atoms with E-state index in [0.29, 0.717) is 33.3 Å². The van der Waals surface area contributed by atoms with Crippen LogP contribution in [0.15, 0.2) is 94.3 Å². The standard InChI is InChI=1S/C31H21N5O4/c1-17-8-7-12-20-28(38)26(31(39)40-29(17)20)24-14-21(22(15-32)30(33)34-24)23-16-36(18-9-3-2-4-10-18)35-27(23)19-11-5-6-13-25(19)37/h2-14,16,37-38H,1H3,(H2,33,34). The van der Waals surface area contributed by atoms with Crippen LogP contribution in [0.25, 0.3) is 50.3 Å². The average Bonchev–Trinajstić information content (AvgIpc) is 3.39. The Morgan fingerprint density at radius 2 is 1.70 bits per heavy atom. The van der Waals surface area contributed by atoms with Gasteiger partial charge in [-0.1, -0.05) is 42.5 Å². The van der Waals surface area contributed by atoms with Gasteiger partial charge in [-0.05, 0) is 48.9 Å². The van der Waals surface area contributed by atoms with Gasteiger partial charge in [-0.25, -0.2) is 14.5 Å². The summed E-state index contributed by atoms with van der Waals surface area (Å²) in [5, 5.41) is 37.0. The van der Waals surface area contributed by atoms with Crippen molar-refractivity contribution in [3.63, 3.8) is 0 Å². The topological polar surface area (TPSA) is 151 Å². The fraction of sp³-hybridized carbons (Fsp3) is 0.0323. The summed E-state index contributed by atoms with van der Waals surface area (Å²) in [5.74, 6) is -0.460. The van der Waals surface area contributed by atoms with Gasteiger partial charge in [-0.15, -0.1) is 0 Å². The number of hydrogen-bond donors (Lipinski definition) is 3. The molecule has 3 aromatic heterocycles. The van der Waals surface area contributed by atoms with Gasteiger partial charge in [0.1, 0.15) is 45.8 Å². The van der Waals surface area contributed by atoms with E-state index in [1.54, 1.807) is 60.3 Å². The van der Waals surface area contributed by atoms with E-state index >= 15 is 0 Å². The summed E-state index contributed by atoms with van der Waals surface area (Å²) in [6, 6.07) is 24.8. The zero-order chi connectivity index (χ0) is 28.0. The van der Waals surface area contributed by atoms with Crippen molar-refractivity contribution in [2.24, 2.45) is 0 Å². The number of para-hydroxylation sites is 3. The smallest absolute Gasteiger partial charge is 0.349 e. The molecule has 3 aromatic carbocycles. The van der Waals surface area contributed by atoms with Gasteiger partial charge in [0, 0.05) is 22.9 Å². The first-order chi connectivity index (χ1) is 19.4. The lowest BCUT2D eigenvalue weighted by molar-refractivity contribution is 0.470. The van der Waals surface area contributed by atoms with Crippen LogP contribution in [0.3, 0.4) is 0 Å². The molecule has 0 unspecified atom stereocenters. The van der Waals surface area contributed by atoms with E-state index < -0.39 is 5.63 Å². The van der Waals surface area contributed by atoms with Crippen molar-refractivity contribution in [3.8, 4) is 56.9 Å². The summed E-state index contributed by atoms with van der Waals surface area (Å²) in [6.07, 6.45) is 1.71. The van der Waals surface area contributed by atoms with Crippen LogP contribution in [0.2, 0.25) is 0 Å². The van der Waals surface area contributed by atoms with Crippen LogP contribution in [0, 0.1) is 18.3 Å². The third-order valence-electron chi connectivity index (χ3n) is 6.70. The van der Waals surface area contributed by atoms with Crippen molar-refractivity contribution < 1.29 is 14.6 Å². The number of benzene rings is 3. The minimum Gasteiger partial charge on any atom is -0.507 e. The van der Waals surface area contributed by atoms with Crippen LogP contribution in [-0.4, -0.2) is 25.0 Å². The number of phenols is 1. The normalized spacial score (nSPS) is 11.0. The Bertz CT molecular complexity index is 2040. The van der Waals surface area contributed by atoms with Crippen LogP contribution in [-0.2, 0) is 0 Å². The fourth-order valence-corrected chi connectivity index (χ4v) is 4.76. The molecule has 9 heteroatoms. The monoisotopic (exact) mass is 527 g/mol. The Morgan fingerprint density at radius 1 is 0.950 bits per heavy atom. The minimum atomic E-state index is -0.803. The minimum absolute atomic E-state index is 0.00833. The Morgan fingerprint density at radius 3 is 2.45 bits per heavy atom. The maximum Gasteiger partial charge on any atom is 0.349 e. The summed E-state index contributed by atoms with van der Waals surface area (Å²) in [7, 11) is 0. The second-order valence-electron chi connectivity index (χ2n) is 9.18. The quantitative estimate of drug-likeness (QED) is 0.253. The van der Waals surface area contributed by atoms with Gasteiger partial charge in [0.25, 0.3) is 0 Å². The number of aromatic hydroxyl groups is 2. The van der Waals surface area contributed by atoms with Crippen molar-refractivity contribution in [3.05, 3.63) is 107 Å². The Hall–Kier alpha value is -5.88. The molecule has 3 heterocycles. The number of nitrogens with two attached hydrogens (primary N) is 1. The van der Waals surface area contributed by atoms with Gasteiger partial charge in [0.05, 0.1) is 16.8 Å². The van der Waals surface area contributed by atoms with Crippen molar-refractivity contribution in [2.45, 2.75) is 6.92 Å². The highest BCUT2D eigenvalue weighted by atomic mass is 16.4. The number of pyridine rings is 1. The molecule has 0 saturated carbocycles. The molecular weight excluding hydrogens is 506 g/mol. The first-order valence-corrected chi connectivity index (χ1v) is 12.3. The number of fused-ring (bicyclic) bond motifs is 1. The molecular formula is C31H21N5O4. The van der Waals surface area contributed by atoms with Crippen molar-refractivity contribution in [2.75, 3.05) is 5.73 Å². The molecule has 0 spiro atoms. The fourth-order valence-electron chi connectivity index (χ4n) is 4.76. The molecule has 0 amide bonds. The van der Waals surface area contributed by atoms with Crippen LogP contribution in [0.5, 0.6) is 11.5 Å². The number of aryl methyl sites for hydroxylation is 1. The number of nitrogen functional groups attached to an aromatic ring is 1. The van der Waals surface area contributed by atoms with E-state index in [9.17, 15) is 20.3 Å². The Labute approximate surface area is 227 Å². The highest BCUT2D eigenvalue weighted by Crippen LogP contribution is 2.41. The molecule has 9 nitrogen and oxygen atoms in total. The summed E-state index contributed by atoms with van der Waals surface area (Å²) in [4.78, 5) is 17.4. The third kappa shape index (κ3) is 3.92. The van der Waals surface area contributed by atoms with Gasteiger partial charge in [0.15, 0.2) is 0 Å². The van der Waals surface area contributed by atoms with E-state index in [2.05, 4.69) is 11.1 Å². The summed E-state index contributed by atoms with van der Waals surface area (Å²) >= 11 is 0. The molecule has 0 aliphatic heterocycles. The first kappa shape index (κ1) is 24.5. The maximum atomic E-state index is 13.1. The lowest BCUT2D eigenvalue weighted by Crippen LogP contribution is -2.08. The van der Waals surface area contributed by atoms with Gasteiger partial charge in [0.2, 0.25) is 0 Å². The predicted molar refractivity (Wildman–Crippen MR) is 151 cm³/mol. The molecule has 0 fully saturated rings. The van der Waals surface area contributed by atoms with E-state index in [-0.39, 0.29) is 39.7 Å². The van der Waals surface area contributed by atoms with Crippen molar-refractivity contribution in [1.82, 2.24) is 14.8 Å². The van der Waals surface area contributed by atoms with Crippen molar-refractivity contribution in [1.29, 1.82) is 5.26 Å². The molecule has 0 aliphatic rings. The molecule has 0 radical (unpaired) electrons. The second-order valence-corrected chi connectivity index (χ2v) is 9.18. The number of hydrogen-bond acceptors (Lipinski definition) is 8. The molecule has 194 valence electrons. The van der Waals surface area contributed by atoms with Crippen LogP contribution in [0.1, 0.15) is 11.1 Å². The summed E-state index contributed by atoms with van der Waals surface area (Å²) < 4.78 is 7.18.